The summed E-state index contributed by atoms with van der Waals surface area (Å²) in [5, 5.41) is 57.1. The minimum absolute atomic E-state index is 0. The summed E-state index contributed by atoms with van der Waals surface area (Å²) < 4.78 is 39.4. The van der Waals surface area contributed by atoms with Crippen LogP contribution in [0.4, 0.5) is 0 Å². The monoisotopic (exact) mass is 420 g/mol. The second-order valence-corrected chi connectivity index (χ2v) is 6.69. The molecule has 28 heavy (non-hydrogen) atoms. The van der Waals surface area contributed by atoms with E-state index in [1.165, 1.54) is 0 Å². The van der Waals surface area contributed by atoms with Crippen molar-refractivity contribution in [1.29, 1.82) is 0 Å². The van der Waals surface area contributed by atoms with Gasteiger partial charge in [0.1, 0.15) is 31.9 Å². The summed E-state index contributed by atoms with van der Waals surface area (Å²) in [5.74, 6) is -6.81. The van der Waals surface area contributed by atoms with Gasteiger partial charge in [-0.3, -0.25) is 4.79 Å². The van der Waals surface area contributed by atoms with Crippen molar-refractivity contribution >= 4 is 21.1 Å². The molecule has 0 saturated heterocycles. The van der Waals surface area contributed by atoms with Gasteiger partial charge in [-0.25, -0.2) is 8.42 Å². The molecule has 142 valence electrons. The van der Waals surface area contributed by atoms with E-state index >= 15 is 0 Å². The van der Waals surface area contributed by atoms with E-state index in [1.807, 2.05) is 0 Å². The fourth-order valence-electron chi connectivity index (χ4n) is 2.47. The smallest absolute Gasteiger partial charge is 0.744 e. The number of hydrogen-bond donors (Lipinski definition) is 6. The van der Waals surface area contributed by atoms with Gasteiger partial charge in [-0.2, -0.15) is 0 Å². The van der Waals surface area contributed by atoms with Crippen molar-refractivity contribution in [1.82, 2.24) is 0 Å². The molecule has 1 heterocycles. The van der Waals surface area contributed by atoms with E-state index in [4.69, 9.17) is 4.42 Å². The zero-order valence-corrected chi connectivity index (χ0v) is 16.7. The molecule has 0 aliphatic rings. The van der Waals surface area contributed by atoms with Gasteiger partial charge in [-0.15, -0.1) is 0 Å². The molecule has 0 amide bonds. The third-order valence-electron chi connectivity index (χ3n) is 3.64. The summed E-state index contributed by atoms with van der Waals surface area (Å²) in [6.07, 6.45) is 0. The maximum absolute atomic E-state index is 12.3. The fraction of sp³-hybridized carbons (Fsp3) is 0. The molecule has 0 aliphatic carbocycles. The maximum atomic E-state index is 12.3. The number of phenols is 5. The van der Waals surface area contributed by atoms with E-state index in [0.29, 0.717) is 6.07 Å². The molecular formula is C15H9NaO11S. The summed E-state index contributed by atoms with van der Waals surface area (Å²) in [6, 6.07) is 1.93. The topological polar surface area (TPSA) is 209 Å². The standard InChI is InChI=1S/C15H10O11S.Na/c16-5-3-8(19)15(27(23,24)25)14-9(5)11(21)12(22)13(26-14)4-1-6(17)10(20)7(18)2-4;/h1-3,16-20,22H,(H,23,24,25);/q;+1/p-1. The second-order valence-electron chi connectivity index (χ2n) is 5.37. The van der Waals surface area contributed by atoms with Crippen LogP contribution >= 0.6 is 0 Å². The van der Waals surface area contributed by atoms with E-state index in [9.17, 15) is 48.4 Å². The number of phenolic OH excluding ortho intramolecular Hbond substituents is 5. The summed E-state index contributed by atoms with van der Waals surface area (Å²) >= 11 is 0. The Balaban J connectivity index is 0.00000280. The second kappa shape index (κ2) is 7.07. The molecule has 13 heteroatoms. The van der Waals surface area contributed by atoms with Crippen molar-refractivity contribution in [2.45, 2.75) is 4.90 Å². The Labute approximate surface area is 177 Å². The molecule has 6 N–H and O–H groups in total. The normalized spacial score (nSPS) is 11.3. The van der Waals surface area contributed by atoms with Crippen LogP contribution < -0.4 is 35.0 Å². The summed E-state index contributed by atoms with van der Waals surface area (Å²) in [6.45, 7) is 0. The molecule has 0 radical (unpaired) electrons. The van der Waals surface area contributed by atoms with Crippen molar-refractivity contribution in [2.75, 3.05) is 0 Å². The van der Waals surface area contributed by atoms with E-state index in [0.717, 1.165) is 12.1 Å². The average molecular weight is 420 g/mol. The van der Waals surface area contributed by atoms with Crippen LogP contribution in [0.5, 0.6) is 34.5 Å². The molecule has 0 saturated carbocycles. The molecule has 11 nitrogen and oxygen atoms in total. The van der Waals surface area contributed by atoms with E-state index in [2.05, 4.69) is 0 Å². The Bertz CT molecular complexity index is 1250. The molecule has 0 fully saturated rings. The minimum atomic E-state index is -5.39. The van der Waals surface area contributed by atoms with Crippen molar-refractivity contribution < 1.29 is 77.6 Å². The van der Waals surface area contributed by atoms with Crippen molar-refractivity contribution in [2.24, 2.45) is 0 Å². The molecule has 0 unspecified atom stereocenters. The third-order valence-corrected chi connectivity index (χ3v) is 4.53. The van der Waals surface area contributed by atoms with E-state index < -0.39 is 77.2 Å². The summed E-state index contributed by atoms with van der Waals surface area (Å²) in [4.78, 5) is 11.0. The quantitative estimate of drug-likeness (QED) is 0.146. The van der Waals surface area contributed by atoms with Crippen LogP contribution in [0, 0.1) is 0 Å². The van der Waals surface area contributed by atoms with E-state index in [1.54, 1.807) is 0 Å². The number of benzene rings is 2. The number of hydrogen-bond acceptors (Lipinski definition) is 11. The fourth-order valence-corrected chi connectivity index (χ4v) is 3.16. The number of aromatic hydroxyl groups is 6. The van der Waals surface area contributed by atoms with Crippen LogP contribution in [-0.2, 0) is 10.1 Å². The van der Waals surface area contributed by atoms with Gasteiger partial charge in [-0.1, -0.05) is 0 Å². The van der Waals surface area contributed by atoms with Gasteiger partial charge in [0.2, 0.25) is 11.2 Å². The first-order chi connectivity index (χ1) is 12.4. The SMILES string of the molecule is O=c1c(O)c(-c2cc(O)c(O)c(O)c2)oc2c(S(=O)(=O)[O-])c(O)cc(O)c12.[Na+]. The average Bonchev–Trinajstić information content (AvgIpc) is 2.53. The summed E-state index contributed by atoms with van der Waals surface area (Å²) in [5.41, 5.74) is -2.80. The third kappa shape index (κ3) is 3.31. The van der Waals surface area contributed by atoms with Crippen LogP contribution in [0.2, 0.25) is 0 Å². The Hall–Kier alpha value is -2.64. The maximum Gasteiger partial charge on any atom is 1.00 e. The van der Waals surface area contributed by atoms with Crippen molar-refractivity contribution in [3.05, 3.63) is 28.4 Å². The van der Waals surface area contributed by atoms with Gasteiger partial charge in [0.25, 0.3) is 0 Å². The van der Waals surface area contributed by atoms with E-state index in [-0.39, 0.29) is 29.6 Å². The first-order valence-corrected chi connectivity index (χ1v) is 8.30. The molecular weight excluding hydrogens is 411 g/mol. The van der Waals surface area contributed by atoms with Gasteiger partial charge in [-0.05, 0) is 12.1 Å². The van der Waals surface area contributed by atoms with Gasteiger partial charge in [0, 0.05) is 11.6 Å². The van der Waals surface area contributed by atoms with Crippen molar-refractivity contribution in [3.8, 4) is 45.8 Å². The molecule has 0 aliphatic heterocycles. The molecule has 1 aromatic heterocycles. The zero-order valence-electron chi connectivity index (χ0n) is 13.9. The van der Waals surface area contributed by atoms with Crippen LogP contribution in [0.1, 0.15) is 0 Å². The van der Waals surface area contributed by atoms with Gasteiger partial charge in [0.15, 0.2) is 28.6 Å². The first-order valence-electron chi connectivity index (χ1n) is 6.89. The van der Waals surface area contributed by atoms with Crippen molar-refractivity contribution in [3.63, 3.8) is 0 Å². The Morgan fingerprint density at radius 2 is 1.36 bits per heavy atom. The molecule has 3 rings (SSSR count). The van der Waals surface area contributed by atoms with Gasteiger partial charge in [0.05, 0.1) is 0 Å². The predicted molar refractivity (Wildman–Crippen MR) is 85.9 cm³/mol. The van der Waals surface area contributed by atoms with Crippen LogP contribution in [0.15, 0.2) is 32.3 Å². The first kappa shape index (κ1) is 21.7. The molecule has 0 spiro atoms. The molecule has 3 aromatic rings. The van der Waals surface area contributed by atoms with Crippen LogP contribution in [-0.4, -0.2) is 43.6 Å². The minimum Gasteiger partial charge on any atom is -0.744 e. The molecule has 0 bridgehead atoms. The van der Waals surface area contributed by atoms with Gasteiger partial charge >= 0.3 is 29.6 Å². The van der Waals surface area contributed by atoms with Crippen LogP contribution in [0.25, 0.3) is 22.3 Å². The zero-order chi connectivity index (χ0) is 20.3. The number of rotatable bonds is 2. The largest absolute Gasteiger partial charge is 1.00 e. The summed E-state index contributed by atoms with van der Waals surface area (Å²) in [7, 11) is -5.39. The Kier molecular flexibility index (Phi) is 5.47. The molecule has 0 atom stereocenters. The number of fused-ring (bicyclic) bond motifs is 1. The Morgan fingerprint density at radius 1 is 0.821 bits per heavy atom. The van der Waals surface area contributed by atoms with Gasteiger partial charge < -0.3 is 39.6 Å². The Morgan fingerprint density at radius 3 is 1.86 bits per heavy atom. The predicted octanol–water partition coefficient (Wildman–Crippen LogP) is -2.40. The van der Waals surface area contributed by atoms with Crippen LogP contribution in [0.3, 0.4) is 0 Å². The molecule has 2 aromatic carbocycles.